The van der Waals surface area contributed by atoms with Crippen molar-refractivity contribution in [3.8, 4) is 0 Å². The molecule has 2 heteroatoms. The van der Waals surface area contributed by atoms with Gasteiger partial charge in [0.2, 0.25) is 0 Å². The van der Waals surface area contributed by atoms with Gasteiger partial charge in [-0.2, -0.15) is 0 Å². The third-order valence-electron chi connectivity index (χ3n) is 3.98. The average molecular weight is 392 g/mol. The third-order valence-corrected chi connectivity index (χ3v) is 4.96. The molecular weight excluding hydrogens is 376 g/mol. The smallest absolute Gasteiger partial charge is 0.0181 e. The van der Waals surface area contributed by atoms with Gasteiger partial charge in [-0.3, -0.25) is 0 Å². The molecule has 0 heterocycles. The summed E-state index contributed by atoms with van der Waals surface area (Å²) in [5.41, 5.74) is 2.96. The molecule has 0 aliphatic rings. The van der Waals surface area contributed by atoms with Gasteiger partial charge in [0.1, 0.15) is 0 Å². The highest BCUT2D eigenvalue weighted by Crippen LogP contribution is 2.36. The minimum Gasteiger partial charge on any atom is -0.0613 e. The van der Waals surface area contributed by atoms with E-state index in [9.17, 15) is 0 Å². The van der Waals surface area contributed by atoms with Gasteiger partial charge < -0.3 is 0 Å². The lowest BCUT2D eigenvalue weighted by molar-refractivity contribution is 1.06. The zero-order valence-electron chi connectivity index (χ0n) is 11.6. The molecule has 102 valence electrons. The van der Waals surface area contributed by atoms with Crippen molar-refractivity contribution in [2.45, 2.75) is 26.7 Å². The minimum absolute atomic E-state index is 1.07. The second-order valence-electron chi connectivity index (χ2n) is 5.04. The number of rotatable bonds is 2. The summed E-state index contributed by atoms with van der Waals surface area (Å²) >= 11 is 7.22. The van der Waals surface area contributed by atoms with Crippen LogP contribution >= 0.6 is 31.9 Å². The molecule has 0 fully saturated rings. The highest BCUT2D eigenvalue weighted by atomic mass is 79.9. The molecule has 3 aromatic rings. The van der Waals surface area contributed by atoms with E-state index in [-0.39, 0.29) is 0 Å². The highest BCUT2D eigenvalue weighted by molar-refractivity contribution is 9.10. The van der Waals surface area contributed by atoms with Crippen LogP contribution in [-0.4, -0.2) is 0 Å². The Morgan fingerprint density at radius 2 is 1.05 bits per heavy atom. The summed E-state index contributed by atoms with van der Waals surface area (Å²) in [6, 6.07) is 13.2. The minimum atomic E-state index is 1.07. The number of aryl methyl sites for hydroxylation is 2. The maximum atomic E-state index is 3.61. The summed E-state index contributed by atoms with van der Waals surface area (Å²) in [5.74, 6) is 0. The molecule has 3 aromatic carbocycles. The van der Waals surface area contributed by atoms with E-state index in [0.717, 1.165) is 21.8 Å². The van der Waals surface area contributed by atoms with Gasteiger partial charge in [0, 0.05) is 8.95 Å². The lowest BCUT2D eigenvalue weighted by Crippen LogP contribution is -1.96. The van der Waals surface area contributed by atoms with E-state index in [2.05, 4.69) is 82.1 Å². The van der Waals surface area contributed by atoms with Gasteiger partial charge >= 0.3 is 0 Å². The van der Waals surface area contributed by atoms with Crippen LogP contribution in [0.15, 0.2) is 45.3 Å². The molecule has 0 aromatic heterocycles. The molecule has 0 N–H and O–H groups in total. The topological polar surface area (TPSA) is 0 Å². The maximum Gasteiger partial charge on any atom is 0.0181 e. The van der Waals surface area contributed by atoms with Crippen molar-refractivity contribution in [2.75, 3.05) is 0 Å². The first-order valence-electron chi connectivity index (χ1n) is 6.98. The van der Waals surface area contributed by atoms with E-state index < -0.39 is 0 Å². The van der Waals surface area contributed by atoms with Crippen LogP contribution in [0.4, 0.5) is 0 Å². The molecule has 0 aliphatic heterocycles. The Hall–Kier alpha value is -0.860. The van der Waals surface area contributed by atoms with Gasteiger partial charge in [-0.05, 0) is 69.8 Å². The van der Waals surface area contributed by atoms with Crippen LogP contribution in [0.5, 0.6) is 0 Å². The fourth-order valence-electron chi connectivity index (χ4n) is 3.13. The molecule has 20 heavy (non-hydrogen) atoms. The molecule has 0 spiro atoms. The predicted molar refractivity (Wildman–Crippen MR) is 95.6 cm³/mol. The molecule has 0 bridgehead atoms. The normalized spacial score (nSPS) is 11.4. The van der Waals surface area contributed by atoms with Crippen molar-refractivity contribution in [3.63, 3.8) is 0 Å². The van der Waals surface area contributed by atoms with E-state index in [0.29, 0.717) is 0 Å². The standard InChI is InChI=1S/C18H16Br2/c1-3-13-14(4-2)18-10-12(20)6-8-16(18)15-7-5-11(19)9-17(13)15/h5-10H,3-4H2,1-2H3. The van der Waals surface area contributed by atoms with Crippen LogP contribution in [0, 0.1) is 0 Å². The van der Waals surface area contributed by atoms with E-state index in [1.807, 2.05) is 0 Å². The predicted octanol–water partition coefficient (Wildman–Crippen LogP) is 6.64. The summed E-state index contributed by atoms with van der Waals surface area (Å²) in [4.78, 5) is 0. The monoisotopic (exact) mass is 390 g/mol. The fraction of sp³-hybridized carbons (Fsp3) is 0.222. The van der Waals surface area contributed by atoms with E-state index in [1.54, 1.807) is 0 Å². The number of benzene rings is 3. The summed E-state index contributed by atoms with van der Waals surface area (Å²) in [6.07, 6.45) is 2.14. The zero-order chi connectivity index (χ0) is 14.3. The van der Waals surface area contributed by atoms with Gasteiger partial charge in [-0.15, -0.1) is 0 Å². The molecule has 0 radical (unpaired) electrons. The lowest BCUT2D eigenvalue weighted by Gasteiger charge is -2.16. The Balaban J connectivity index is 2.60. The summed E-state index contributed by atoms with van der Waals surface area (Å²) < 4.78 is 2.30. The first-order chi connectivity index (χ1) is 9.65. The van der Waals surface area contributed by atoms with Gasteiger partial charge in [0.05, 0.1) is 0 Å². The van der Waals surface area contributed by atoms with Crippen LogP contribution in [0.2, 0.25) is 0 Å². The number of fused-ring (bicyclic) bond motifs is 3. The summed E-state index contributed by atoms with van der Waals surface area (Å²) in [7, 11) is 0. The highest BCUT2D eigenvalue weighted by Gasteiger charge is 2.12. The Morgan fingerprint density at radius 3 is 1.40 bits per heavy atom. The van der Waals surface area contributed by atoms with E-state index in [4.69, 9.17) is 0 Å². The Morgan fingerprint density at radius 1 is 0.650 bits per heavy atom. The van der Waals surface area contributed by atoms with Crippen molar-refractivity contribution >= 4 is 53.4 Å². The van der Waals surface area contributed by atoms with Gasteiger partial charge in [0.25, 0.3) is 0 Å². The van der Waals surface area contributed by atoms with Crippen molar-refractivity contribution in [1.82, 2.24) is 0 Å². The molecule has 0 aliphatic carbocycles. The Bertz CT molecular complexity index is 735. The SMILES string of the molecule is CCc1c(CC)c2cc(Br)ccc2c2ccc(Br)cc12. The first kappa shape index (κ1) is 14.1. The Labute approximate surface area is 136 Å². The lowest BCUT2D eigenvalue weighted by atomic mass is 9.89. The van der Waals surface area contributed by atoms with E-state index >= 15 is 0 Å². The molecular formula is C18H16Br2. The van der Waals surface area contributed by atoms with Crippen LogP contribution < -0.4 is 0 Å². The first-order valence-corrected chi connectivity index (χ1v) is 8.56. The van der Waals surface area contributed by atoms with E-state index in [1.165, 1.54) is 32.7 Å². The van der Waals surface area contributed by atoms with Gasteiger partial charge in [-0.25, -0.2) is 0 Å². The quantitative estimate of drug-likeness (QED) is 0.429. The molecule has 0 nitrogen and oxygen atoms in total. The average Bonchev–Trinajstić information content (AvgIpc) is 2.45. The number of hydrogen-bond acceptors (Lipinski definition) is 0. The van der Waals surface area contributed by atoms with Crippen LogP contribution in [0.25, 0.3) is 21.5 Å². The van der Waals surface area contributed by atoms with Crippen molar-refractivity contribution < 1.29 is 0 Å². The molecule has 0 saturated carbocycles. The molecule has 0 amide bonds. The number of halogens is 2. The largest absolute Gasteiger partial charge is 0.0613 e. The maximum absolute atomic E-state index is 3.61. The van der Waals surface area contributed by atoms with Crippen LogP contribution in [-0.2, 0) is 12.8 Å². The van der Waals surface area contributed by atoms with Gasteiger partial charge in [0.15, 0.2) is 0 Å². The second-order valence-corrected chi connectivity index (χ2v) is 6.88. The fourth-order valence-corrected chi connectivity index (χ4v) is 3.86. The second kappa shape index (κ2) is 5.50. The van der Waals surface area contributed by atoms with Crippen molar-refractivity contribution in [1.29, 1.82) is 0 Å². The molecule has 0 unspecified atom stereocenters. The summed E-state index contributed by atoms with van der Waals surface area (Å²) in [5, 5.41) is 5.47. The molecule has 0 atom stereocenters. The van der Waals surface area contributed by atoms with Crippen molar-refractivity contribution in [2.24, 2.45) is 0 Å². The molecule has 3 rings (SSSR count). The Kier molecular flexibility index (Phi) is 3.87. The third kappa shape index (κ3) is 2.19. The van der Waals surface area contributed by atoms with Gasteiger partial charge in [-0.1, -0.05) is 57.8 Å². The molecule has 0 saturated heterocycles. The zero-order valence-corrected chi connectivity index (χ0v) is 14.8. The van der Waals surface area contributed by atoms with Crippen molar-refractivity contribution in [3.05, 3.63) is 56.5 Å². The summed E-state index contributed by atoms with van der Waals surface area (Å²) in [6.45, 7) is 4.50. The van der Waals surface area contributed by atoms with Crippen LogP contribution in [0.1, 0.15) is 25.0 Å². The van der Waals surface area contributed by atoms with Crippen LogP contribution in [0.3, 0.4) is 0 Å². The number of hydrogen-bond donors (Lipinski definition) is 0.